The number of carbonyl (C=O) groups excluding carboxylic acids is 1. The first-order valence-corrected chi connectivity index (χ1v) is 12.2. The summed E-state index contributed by atoms with van der Waals surface area (Å²) in [5.74, 6) is -0.781. The van der Waals surface area contributed by atoms with Crippen LogP contribution in [0, 0.1) is 17.1 Å². The number of benzene rings is 2. The molecule has 32 heavy (non-hydrogen) atoms. The Morgan fingerprint density at radius 3 is 2.84 bits per heavy atom. The zero-order chi connectivity index (χ0) is 22.7. The maximum Gasteiger partial charge on any atom is 0.251 e. The van der Waals surface area contributed by atoms with E-state index in [0.717, 1.165) is 24.1 Å². The second-order valence-corrected chi connectivity index (χ2v) is 10.1. The topological polar surface area (TPSA) is 108 Å². The standard InChI is InChI=1S/C23H24FN3O4S/c24-20-12-16(15-4-5-22-18(10-15)6-9-32(22,29)30)2-3-17(20)11-19(13-25)27-23(28)21-14-26-7-1-8-31-21/h2-5,10,12,19,21,26H,1,6-9,11,14H2,(H,27,28)/t19-,21?/m0/s1. The fraction of sp³-hybridized carbons (Fsp3) is 0.391. The highest BCUT2D eigenvalue weighted by molar-refractivity contribution is 7.91. The quantitative estimate of drug-likeness (QED) is 0.708. The van der Waals surface area contributed by atoms with E-state index in [-0.39, 0.29) is 12.2 Å². The number of aryl methyl sites for hydroxylation is 1. The summed E-state index contributed by atoms with van der Waals surface area (Å²) >= 11 is 0. The summed E-state index contributed by atoms with van der Waals surface area (Å²) < 4.78 is 44.3. The van der Waals surface area contributed by atoms with E-state index in [9.17, 15) is 22.9 Å². The smallest absolute Gasteiger partial charge is 0.251 e. The van der Waals surface area contributed by atoms with Crippen LogP contribution in [0.25, 0.3) is 11.1 Å². The number of fused-ring (bicyclic) bond motifs is 1. The maximum absolute atomic E-state index is 14.8. The van der Waals surface area contributed by atoms with Gasteiger partial charge in [0.05, 0.1) is 16.7 Å². The number of ether oxygens (including phenoxy) is 1. The van der Waals surface area contributed by atoms with Gasteiger partial charge in [0, 0.05) is 19.6 Å². The van der Waals surface area contributed by atoms with Gasteiger partial charge in [0.15, 0.2) is 9.84 Å². The number of carbonyl (C=O) groups is 1. The third-order valence-corrected chi connectivity index (χ3v) is 7.57. The molecule has 0 aliphatic carbocycles. The van der Waals surface area contributed by atoms with E-state index in [2.05, 4.69) is 10.6 Å². The van der Waals surface area contributed by atoms with Crippen molar-refractivity contribution in [3.63, 3.8) is 0 Å². The van der Waals surface area contributed by atoms with Crippen molar-refractivity contribution in [2.24, 2.45) is 0 Å². The molecule has 0 bridgehead atoms. The van der Waals surface area contributed by atoms with Gasteiger partial charge >= 0.3 is 0 Å². The molecule has 4 rings (SSSR count). The second-order valence-electron chi connectivity index (χ2n) is 8.01. The number of hydrogen-bond donors (Lipinski definition) is 2. The predicted molar refractivity (Wildman–Crippen MR) is 116 cm³/mol. The summed E-state index contributed by atoms with van der Waals surface area (Å²) in [6.07, 6.45) is 0.611. The molecular weight excluding hydrogens is 433 g/mol. The first-order valence-electron chi connectivity index (χ1n) is 10.5. The number of sulfone groups is 1. The summed E-state index contributed by atoms with van der Waals surface area (Å²) in [5.41, 5.74) is 2.40. The van der Waals surface area contributed by atoms with Crippen LogP contribution < -0.4 is 10.6 Å². The summed E-state index contributed by atoms with van der Waals surface area (Å²) in [6, 6.07) is 10.9. The molecule has 0 saturated carbocycles. The fourth-order valence-corrected chi connectivity index (χ4v) is 5.55. The fourth-order valence-electron chi connectivity index (χ4n) is 4.00. The largest absolute Gasteiger partial charge is 0.367 e. The van der Waals surface area contributed by atoms with Crippen LogP contribution >= 0.6 is 0 Å². The minimum absolute atomic E-state index is 0.0247. The molecule has 1 amide bonds. The van der Waals surface area contributed by atoms with Crippen molar-refractivity contribution in [2.45, 2.75) is 36.3 Å². The molecule has 1 saturated heterocycles. The van der Waals surface area contributed by atoms with Gasteiger partial charge in [0.2, 0.25) is 0 Å². The SMILES string of the molecule is N#C[C@H](Cc1ccc(-c2ccc3c(c2)CCS3(=O)=O)cc1F)NC(=O)C1CNCCCO1. The van der Waals surface area contributed by atoms with Gasteiger partial charge in [-0.15, -0.1) is 0 Å². The van der Waals surface area contributed by atoms with Crippen LogP contribution in [0.4, 0.5) is 4.39 Å². The van der Waals surface area contributed by atoms with E-state index < -0.39 is 33.7 Å². The van der Waals surface area contributed by atoms with Crippen LogP contribution in [0.15, 0.2) is 41.3 Å². The molecule has 1 unspecified atom stereocenters. The summed E-state index contributed by atoms with van der Waals surface area (Å²) in [4.78, 5) is 12.8. The second kappa shape index (κ2) is 9.36. The van der Waals surface area contributed by atoms with E-state index in [1.807, 2.05) is 6.07 Å². The normalized spacial score (nSPS) is 20.6. The van der Waals surface area contributed by atoms with Crippen LogP contribution in [0.2, 0.25) is 0 Å². The predicted octanol–water partition coefficient (Wildman–Crippen LogP) is 1.75. The Kier molecular flexibility index (Phi) is 6.55. The molecule has 7 nitrogen and oxygen atoms in total. The molecule has 2 aliphatic heterocycles. The lowest BCUT2D eigenvalue weighted by atomic mass is 9.98. The van der Waals surface area contributed by atoms with Crippen LogP contribution in [0.5, 0.6) is 0 Å². The van der Waals surface area contributed by atoms with Gasteiger partial charge in [-0.25, -0.2) is 12.8 Å². The van der Waals surface area contributed by atoms with Crippen molar-refractivity contribution in [2.75, 3.05) is 25.4 Å². The van der Waals surface area contributed by atoms with E-state index in [1.54, 1.807) is 30.3 Å². The van der Waals surface area contributed by atoms with Crippen molar-refractivity contribution >= 4 is 15.7 Å². The van der Waals surface area contributed by atoms with Gasteiger partial charge in [-0.05, 0) is 59.8 Å². The molecule has 168 valence electrons. The van der Waals surface area contributed by atoms with Crippen LogP contribution in [-0.4, -0.2) is 51.9 Å². The van der Waals surface area contributed by atoms with Gasteiger partial charge in [0.25, 0.3) is 5.91 Å². The van der Waals surface area contributed by atoms with Gasteiger partial charge in [-0.1, -0.05) is 18.2 Å². The number of nitrogens with zero attached hydrogens (tertiary/aromatic N) is 1. The third kappa shape index (κ3) is 4.83. The van der Waals surface area contributed by atoms with Crippen molar-refractivity contribution in [1.82, 2.24) is 10.6 Å². The number of nitriles is 1. The van der Waals surface area contributed by atoms with E-state index >= 15 is 0 Å². The molecule has 1 fully saturated rings. The Bertz CT molecular complexity index is 1170. The van der Waals surface area contributed by atoms with Crippen molar-refractivity contribution in [3.8, 4) is 17.2 Å². The van der Waals surface area contributed by atoms with Gasteiger partial charge in [-0.2, -0.15) is 5.26 Å². The van der Waals surface area contributed by atoms with E-state index in [4.69, 9.17) is 4.74 Å². The molecule has 2 aromatic carbocycles. The minimum atomic E-state index is -3.21. The van der Waals surface area contributed by atoms with E-state index in [0.29, 0.717) is 35.6 Å². The van der Waals surface area contributed by atoms with Gasteiger partial charge < -0.3 is 15.4 Å². The molecule has 2 aromatic rings. The summed E-state index contributed by atoms with van der Waals surface area (Å²) in [7, 11) is -3.21. The van der Waals surface area contributed by atoms with Crippen molar-refractivity contribution in [3.05, 3.63) is 53.3 Å². The maximum atomic E-state index is 14.8. The summed E-state index contributed by atoms with van der Waals surface area (Å²) in [5, 5.41) is 15.2. The van der Waals surface area contributed by atoms with Crippen LogP contribution in [-0.2, 0) is 32.2 Å². The Hall–Kier alpha value is -2.80. The number of halogens is 1. The molecule has 2 N–H and O–H groups in total. The minimum Gasteiger partial charge on any atom is -0.367 e. The number of hydrogen-bond acceptors (Lipinski definition) is 6. The average molecular weight is 458 g/mol. The van der Waals surface area contributed by atoms with Crippen molar-refractivity contribution in [1.29, 1.82) is 5.26 Å². The van der Waals surface area contributed by atoms with Crippen molar-refractivity contribution < 1.29 is 22.3 Å². The summed E-state index contributed by atoms with van der Waals surface area (Å²) in [6.45, 7) is 1.60. The molecule has 0 aromatic heterocycles. The van der Waals surface area contributed by atoms with Crippen LogP contribution in [0.1, 0.15) is 17.5 Å². The highest BCUT2D eigenvalue weighted by atomic mass is 32.2. The first kappa shape index (κ1) is 22.4. The van der Waals surface area contributed by atoms with Gasteiger partial charge in [0.1, 0.15) is 18.0 Å². The Balaban J connectivity index is 1.46. The highest BCUT2D eigenvalue weighted by Gasteiger charge is 2.26. The molecule has 2 heterocycles. The molecule has 9 heteroatoms. The molecule has 2 atom stereocenters. The average Bonchev–Trinajstić information content (AvgIpc) is 2.95. The lowest BCUT2D eigenvalue weighted by Crippen LogP contribution is -2.46. The number of nitrogens with one attached hydrogen (secondary N) is 2. The van der Waals surface area contributed by atoms with Crippen LogP contribution in [0.3, 0.4) is 0 Å². The molecule has 0 spiro atoms. The lowest BCUT2D eigenvalue weighted by molar-refractivity contribution is -0.132. The Morgan fingerprint density at radius 2 is 2.06 bits per heavy atom. The number of amides is 1. The lowest BCUT2D eigenvalue weighted by Gasteiger charge is -2.18. The van der Waals surface area contributed by atoms with E-state index in [1.165, 1.54) is 6.07 Å². The van der Waals surface area contributed by atoms with Gasteiger partial charge in [-0.3, -0.25) is 4.79 Å². The number of rotatable bonds is 5. The molecular formula is C23H24FN3O4S. The molecule has 0 radical (unpaired) electrons. The third-order valence-electron chi connectivity index (χ3n) is 5.76. The monoisotopic (exact) mass is 457 g/mol. The Labute approximate surface area is 186 Å². The zero-order valence-electron chi connectivity index (χ0n) is 17.4. The first-order chi connectivity index (χ1) is 15.4. The highest BCUT2D eigenvalue weighted by Crippen LogP contribution is 2.31. The Morgan fingerprint density at radius 1 is 1.28 bits per heavy atom. The molecule has 2 aliphatic rings. The zero-order valence-corrected chi connectivity index (χ0v) is 18.3.